The zero-order valence-corrected chi connectivity index (χ0v) is 17.4. The maximum Gasteiger partial charge on any atom is 0.315 e. The van der Waals surface area contributed by atoms with Crippen LogP contribution in [0.5, 0.6) is 0 Å². The van der Waals surface area contributed by atoms with Crippen molar-refractivity contribution in [1.29, 1.82) is 0 Å². The number of hydrogen-bond donors (Lipinski definition) is 2. The first-order chi connectivity index (χ1) is 14.7. The van der Waals surface area contributed by atoms with Gasteiger partial charge in [0.2, 0.25) is 0 Å². The molecule has 4 rings (SSSR count). The first-order valence-electron chi connectivity index (χ1n) is 11.3. The normalized spacial score (nSPS) is 22.8. The van der Waals surface area contributed by atoms with E-state index in [2.05, 4.69) is 20.7 Å². The lowest BCUT2D eigenvalue weighted by atomic mass is 9.91. The van der Waals surface area contributed by atoms with E-state index in [0.29, 0.717) is 6.04 Å². The minimum Gasteiger partial charge on any atom is -0.335 e. The van der Waals surface area contributed by atoms with Crippen molar-refractivity contribution in [3.63, 3.8) is 0 Å². The van der Waals surface area contributed by atoms with E-state index in [4.69, 9.17) is 0 Å². The average Bonchev–Trinajstić information content (AvgIpc) is 3.04. The summed E-state index contributed by atoms with van der Waals surface area (Å²) >= 11 is 0. The second-order valence-corrected chi connectivity index (χ2v) is 8.55. The summed E-state index contributed by atoms with van der Waals surface area (Å²) in [7, 11) is 0. The van der Waals surface area contributed by atoms with Crippen LogP contribution in [-0.2, 0) is 0 Å². The van der Waals surface area contributed by atoms with Crippen LogP contribution in [0.15, 0.2) is 41.5 Å². The van der Waals surface area contributed by atoms with Gasteiger partial charge in [-0.05, 0) is 56.7 Å². The summed E-state index contributed by atoms with van der Waals surface area (Å²) in [6, 6.07) is 7.64. The lowest BCUT2D eigenvalue weighted by Crippen LogP contribution is -2.47. The van der Waals surface area contributed by atoms with E-state index in [9.17, 15) is 9.59 Å². The third-order valence-electron chi connectivity index (χ3n) is 6.37. The molecule has 2 amide bonds. The smallest absolute Gasteiger partial charge is 0.315 e. The second kappa shape index (κ2) is 9.87. The van der Waals surface area contributed by atoms with Crippen LogP contribution in [0.2, 0.25) is 0 Å². The summed E-state index contributed by atoms with van der Waals surface area (Å²) < 4.78 is 1.62. The zero-order chi connectivity index (χ0) is 20.8. The van der Waals surface area contributed by atoms with Gasteiger partial charge in [-0.2, -0.15) is 5.10 Å². The number of carbonyl (C=O) groups is 1. The van der Waals surface area contributed by atoms with Crippen LogP contribution in [0.1, 0.15) is 70.3 Å². The van der Waals surface area contributed by atoms with E-state index >= 15 is 0 Å². The molecular formula is C23H31N5O2. The minimum absolute atomic E-state index is 0.0414. The lowest BCUT2D eigenvalue weighted by molar-refractivity contribution is 0.220. The van der Waals surface area contributed by atoms with Crippen molar-refractivity contribution in [2.75, 3.05) is 0 Å². The molecule has 0 spiro atoms. The van der Waals surface area contributed by atoms with Crippen LogP contribution >= 0.6 is 0 Å². The van der Waals surface area contributed by atoms with Crippen molar-refractivity contribution in [2.24, 2.45) is 0 Å². The molecule has 2 heterocycles. The van der Waals surface area contributed by atoms with Gasteiger partial charge < -0.3 is 10.6 Å². The standard InChI is InChI=1S/C23H31N5O2/c29-22-12-11-21(17-13-15-24-16-14-17)27-28(22)20-9-7-19(8-10-20)26-23(30)25-18-5-3-1-2-4-6-18/h11-16,18-20H,1-10H2,(H2,25,26,30). The van der Waals surface area contributed by atoms with Gasteiger partial charge in [-0.25, -0.2) is 9.48 Å². The summed E-state index contributed by atoms with van der Waals surface area (Å²) in [5.41, 5.74) is 1.65. The van der Waals surface area contributed by atoms with Crippen molar-refractivity contribution in [2.45, 2.75) is 82.3 Å². The van der Waals surface area contributed by atoms with E-state index in [-0.39, 0.29) is 23.7 Å². The number of rotatable bonds is 4. The Kier molecular flexibility index (Phi) is 6.77. The van der Waals surface area contributed by atoms with Gasteiger partial charge in [-0.3, -0.25) is 9.78 Å². The lowest BCUT2D eigenvalue weighted by Gasteiger charge is -2.30. The Bertz CT molecular complexity index is 882. The Hall–Kier alpha value is -2.70. The van der Waals surface area contributed by atoms with Crippen molar-refractivity contribution >= 4 is 6.03 Å². The van der Waals surface area contributed by atoms with Crippen LogP contribution in [0, 0.1) is 0 Å². The molecule has 0 atom stereocenters. The van der Waals surface area contributed by atoms with Crippen molar-refractivity contribution in [3.8, 4) is 11.3 Å². The Balaban J connectivity index is 1.32. The van der Waals surface area contributed by atoms with Gasteiger partial charge in [0.05, 0.1) is 11.7 Å². The maximum atomic E-state index is 12.4. The maximum absolute atomic E-state index is 12.4. The van der Waals surface area contributed by atoms with Gasteiger partial charge in [0.15, 0.2) is 0 Å². The minimum atomic E-state index is -0.0738. The fourth-order valence-electron chi connectivity index (χ4n) is 4.66. The van der Waals surface area contributed by atoms with Gasteiger partial charge in [0.1, 0.15) is 0 Å². The highest BCUT2D eigenvalue weighted by Crippen LogP contribution is 2.27. The van der Waals surface area contributed by atoms with E-state index in [1.54, 1.807) is 29.2 Å². The fraction of sp³-hybridized carbons (Fsp3) is 0.565. The van der Waals surface area contributed by atoms with E-state index in [1.807, 2.05) is 12.1 Å². The van der Waals surface area contributed by atoms with Gasteiger partial charge in [0, 0.05) is 36.1 Å². The predicted molar refractivity (Wildman–Crippen MR) is 116 cm³/mol. The Morgan fingerprint density at radius 1 is 0.833 bits per heavy atom. The summed E-state index contributed by atoms with van der Waals surface area (Å²) in [5.74, 6) is 0. The second-order valence-electron chi connectivity index (χ2n) is 8.55. The molecule has 7 heteroatoms. The zero-order valence-electron chi connectivity index (χ0n) is 17.4. The molecule has 0 aromatic carbocycles. The Morgan fingerprint density at radius 3 is 2.13 bits per heavy atom. The highest BCUT2D eigenvalue weighted by atomic mass is 16.2. The summed E-state index contributed by atoms with van der Waals surface area (Å²) in [4.78, 5) is 28.9. The van der Waals surface area contributed by atoms with E-state index < -0.39 is 0 Å². The van der Waals surface area contributed by atoms with Crippen molar-refractivity contribution < 1.29 is 4.79 Å². The van der Waals surface area contributed by atoms with Crippen LogP contribution in [0.4, 0.5) is 4.79 Å². The van der Waals surface area contributed by atoms with Gasteiger partial charge >= 0.3 is 6.03 Å². The average molecular weight is 410 g/mol. The van der Waals surface area contributed by atoms with Gasteiger partial charge in [0.25, 0.3) is 5.56 Å². The number of urea groups is 1. The van der Waals surface area contributed by atoms with Gasteiger partial charge in [-0.1, -0.05) is 25.7 Å². The number of nitrogens with zero attached hydrogens (tertiary/aromatic N) is 3. The largest absolute Gasteiger partial charge is 0.335 e. The molecule has 30 heavy (non-hydrogen) atoms. The number of pyridine rings is 1. The third kappa shape index (κ3) is 5.26. The molecule has 2 saturated carbocycles. The molecule has 2 aromatic heterocycles. The molecule has 0 bridgehead atoms. The summed E-state index contributed by atoms with van der Waals surface area (Å²) in [5, 5.41) is 10.9. The number of carbonyl (C=O) groups excluding carboxylic acids is 1. The molecule has 0 aliphatic heterocycles. The van der Waals surface area contributed by atoms with Crippen LogP contribution in [0.25, 0.3) is 11.3 Å². The molecule has 2 N–H and O–H groups in total. The quantitative estimate of drug-likeness (QED) is 0.752. The molecule has 2 aliphatic carbocycles. The monoisotopic (exact) mass is 409 g/mol. The van der Waals surface area contributed by atoms with Crippen LogP contribution in [-0.4, -0.2) is 32.9 Å². The summed E-state index contributed by atoms with van der Waals surface area (Å²) in [6.07, 6.45) is 14.0. The number of nitrogens with one attached hydrogen (secondary N) is 2. The van der Waals surface area contributed by atoms with Crippen molar-refractivity contribution in [1.82, 2.24) is 25.4 Å². The molecule has 0 unspecified atom stereocenters. The number of aromatic nitrogens is 3. The first kappa shape index (κ1) is 20.6. The van der Waals surface area contributed by atoms with E-state index in [1.165, 1.54) is 25.7 Å². The Labute approximate surface area is 177 Å². The molecule has 160 valence electrons. The van der Waals surface area contributed by atoms with Crippen molar-refractivity contribution in [3.05, 3.63) is 47.0 Å². The van der Waals surface area contributed by atoms with Gasteiger partial charge in [-0.15, -0.1) is 0 Å². The summed E-state index contributed by atoms with van der Waals surface area (Å²) in [6.45, 7) is 0. The molecule has 2 aromatic rings. The fourth-order valence-corrected chi connectivity index (χ4v) is 4.66. The molecular weight excluding hydrogens is 378 g/mol. The third-order valence-corrected chi connectivity index (χ3v) is 6.37. The Morgan fingerprint density at radius 2 is 1.47 bits per heavy atom. The SMILES string of the molecule is O=C(NC1CCCCCC1)NC1CCC(n2nc(-c3ccncc3)ccc2=O)CC1. The van der Waals surface area contributed by atoms with Crippen LogP contribution < -0.4 is 16.2 Å². The number of hydrogen-bond acceptors (Lipinski definition) is 4. The predicted octanol–water partition coefficient (Wildman–Crippen LogP) is 3.81. The molecule has 7 nitrogen and oxygen atoms in total. The molecule has 2 aliphatic rings. The molecule has 0 radical (unpaired) electrons. The topological polar surface area (TPSA) is 88.9 Å². The highest BCUT2D eigenvalue weighted by Gasteiger charge is 2.25. The molecule has 0 saturated heterocycles. The first-order valence-corrected chi connectivity index (χ1v) is 11.3. The highest BCUT2D eigenvalue weighted by molar-refractivity contribution is 5.74. The van der Waals surface area contributed by atoms with Crippen LogP contribution in [0.3, 0.4) is 0 Å². The van der Waals surface area contributed by atoms with E-state index in [0.717, 1.165) is 49.8 Å². The molecule has 2 fully saturated rings. The number of amides is 2.